The molecule has 3 fully saturated rings. The molecule has 0 aromatic heterocycles. The number of carbonyl (C=O) groups is 2. The summed E-state index contributed by atoms with van der Waals surface area (Å²) in [7, 11) is 0.319. The summed E-state index contributed by atoms with van der Waals surface area (Å²) < 4.78 is 18.2. The molecule has 5 atom stereocenters. The van der Waals surface area contributed by atoms with Crippen molar-refractivity contribution in [1.82, 2.24) is 4.90 Å². The van der Waals surface area contributed by atoms with Crippen molar-refractivity contribution >= 4 is 42.5 Å². The van der Waals surface area contributed by atoms with Crippen molar-refractivity contribution in [3.8, 4) is 11.1 Å². The third kappa shape index (κ3) is 7.92. The van der Waals surface area contributed by atoms with E-state index in [1.165, 1.54) is 0 Å². The Balaban J connectivity index is 0.939. The Morgan fingerprint density at radius 1 is 0.863 bits per heavy atom. The number of likely N-dealkylation sites (N-methyl/N-ethyl adjacent to an activating group) is 1. The highest BCUT2D eigenvalue weighted by molar-refractivity contribution is 6.74. The minimum absolute atomic E-state index is 0.0216. The van der Waals surface area contributed by atoms with E-state index in [9.17, 15) is 9.59 Å². The minimum atomic E-state index is -1.83. The molecule has 9 heteroatoms. The number of anilines is 2. The van der Waals surface area contributed by atoms with Gasteiger partial charge >= 0.3 is 6.09 Å². The number of piperidine rings is 1. The second-order valence-corrected chi connectivity index (χ2v) is 20.9. The summed E-state index contributed by atoms with van der Waals surface area (Å²) in [5, 5.41) is 8.51. The lowest BCUT2D eigenvalue weighted by Gasteiger charge is -2.37. The van der Waals surface area contributed by atoms with Gasteiger partial charge in [0.15, 0.2) is 8.32 Å². The number of hydrogen-bond donors (Lipinski definition) is 2. The van der Waals surface area contributed by atoms with Crippen molar-refractivity contribution in [3.63, 3.8) is 0 Å². The number of hydrogen-bond acceptors (Lipinski definition) is 6. The quantitative estimate of drug-likeness (QED) is 0.120. The summed E-state index contributed by atoms with van der Waals surface area (Å²) in [5.41, 5.74) is 5.65. The number of ether oxygens (including phenoxy) is 2. The second kappa shape index (κ2) is 14.2. The van der Waals surface area contributed by atoms with Crippen molar-refractivity contribution in [2.45, 2.75) is 108 Å². The van der Waals surface area contributed by atoms with E-state index in [1.807, 2.05) is 54.6 Å². The van der Waals surface area contributed by atoms with Gasteiger partial charge in [-0.15, -0.1) is 0 Å². The van der Waals surface area contributed by atoms with Gasteiger partial charge in [-0.1, -0.05) is 81.4 Å². The molecule has 0 spiro atoms. The summed E-state index contributed by atoms with van der Waals surface area (Å²) in [6.45, 7) is 11.9. The molecule has 3 aliphatic rings. The molecule has 0 saturated carbocycles. The number of fused-ring (bicyclic) bond motifs is 6. The Bertz CT molecular complexity index is 1890. The molecule has 51 heavy (non-hydrogen) atoms. The maximum Gasteiger partial charge on any atom is 0.411 e. The first-order chi connectivity index (χ1) is 24.3. The molecule has 4 aromatic rings. The van der Waals surface area contributed by atoms with Gasteiger partial charge < -0.3 is 19.2 Å². The van der Waals surface area contributed by atoms with Gasteiger partial charge in [0.05, 0.1) is 12.3 Å². The van der Waals surface area contributed by atoms with Crippen LogP contribution < -0.4 is 10.6 Å². The zero-order valence-corrected chi connectivity index (χ0v) is 31.7. The van der Waals surface area contributed by atoms with E-state index in [0.29, 0.717) is 55.8 Å². The van der Waals surface area contributed by atoms with Crippen LogP contribution in [-0.4, -0.2) is 62.7 Å². The lowest BCUT2D eigenvalue weighted by atomic mass is 9.99. The number of morpholine rings is 1. The van der Waals surface area contributed by atoms with Crippen LogP contribution >= 0.6 is 0 Å². The lowest BCUT2D eigenvalue weighted by Crippen LogP contribution is -2.48. The Morgan fingerprint density at radius 2 is 1.55 bits per heavy atom. The van der Waals surface area contributed by atoms with Gasteiger partial charge in [-0.05, 0) is 89.7 Å². The van der Waals surface area contributed by atoms with Crippen molar-refractivity contribution in [3.05, 3.63) is 96.1 Å². The van der Waals surface area contributed by atoms with Gasteiger partial charge in [0.1, 0.15) is 18.3 Å². The van der Waals surface area contributed by atoms with Crippen LogP contribution in [0.5, 0.6) is 0 Å². The van der Waals surface area contributed by atoms with Gasteiger partial charge in [-0.2, -0.15) is 0 Å². The molecule has 2 amide bonds. The molecule has 2 N–H and O–H groups in total. The summed E-state index contributed by atoms with van der Waals surface area (Å²) in [5.74, 6) is -0.0216. The molecule has 0 radical (unpaired) electrons. The molecular formula is C42H51N3O5Si. The molecule has 8 nitrogen and oxygen atoms in total. The van der Waals surface area contributed by atoms with Crippen molar-refractivity contribution in [2.75, 3.05) is 17.7 Å². The van der Waals surface area contributed by atoms with Crippen LogP contribution in [0.25, 0.3) is 21.9 Å². The third-order valence-corrected chi connectivity index (χ3v) is 16.0. The predicted octanol–water partition coefficient (Wildman–Crippen LogP) is 9.15. The number of aryl methyl sites for hydroxylation is 1. The Labute approximate surface area is 303 Å². The zero-order valence-electron chi connectivity index (χ0n) is 30.7. The van der Waals surface area contributed by atoms with Gasteiger partial charge in [-0.3, -0.25) is 15.0 Å². The number of nitrogens with zero attached hydrogens (tertiary/aromatic N) is 1. The lowest BCUT2D eigenvalue weighted by molar-refractivity contribution is -0.116. The molecule has 1 unspecified atom stereocenters. The Hall–Kier alpha value is -4.02. The molecule has 3 saturated heterocycles. The van der Waals surface area contributed by atoms with Crippen molar-refractivity contribution < 1.29 is 23.5 Å². The number of amides is 2. The van der Waals surface area contributed by atoms with Crippen LogP contribution in [0, 0.1) is 0 Å². The van der Waals surface area contributed by atoms with E-state index in [-0.39, 0.29) is 17.0 Å². The molecule has 3 heterocycles. The zero-order chi connectivity index (χ0) is 35.9. The highest BCUT2D eigenvalue weighted by Gasteiger charge is 2.62. The van der Waals surface area contributed by atoms with Gasteiger partial charge in [0.25, 0.3) is 0 Å². The Morgan fingerprint density at radius 3 is 2.27 bits per heavy atom. The fraction of sp³-hybridized carbons (Fsp3) is 0.429. The SMILES string of the molecule is CN1[C@@H]2CC(OC(=O)Nc3cc(CCCC(=O)Nc4ccc5cc(CO[Si](C)(C)C(C)(C)C)ccc5c4)ccc3-c3ccccc3)C[C@H]1[C@@H]1O[C@@H]12. The van der Waals surface area contributed by atoms with Gasteiger partial charge in [0, 0.05) is 42.6 Å². The van der Waals surface area contributed by atoms with E-state index >= 15 is 0 Å². The fourth-order valence-corrected chi connectivity index (χ4v) is 8.39. The number of nitrogens with one attached hydrogen (secondary N) is 2. The highest BCUT2D eigenvalue weighted by Crippen LogP contribution is 2.48. The molecule has 0 aliphatic carbocycles. The van der Waals surface area contributed by atoms with Gasteiger partial charge in [0.2, 0.25) is 5.91 Å². The van der Waals surface area contributed by atoms with E-state index in [4.69, 9.17) is 13.9 Å². The number of epoxide rings is 1. The van der Waals surface area contributed by atoms with Crippen LogP contribution in [0.4, 0.5) is 16.2 Å². The fourth-order valence-electron chi connectivity index (χ4n) is 7.43. The maximum atomic E-state index is 13.2. The van der Waals surface area contributed by atoms with Crippen LogP contribution in [-0.2, 0) is 31.7 Å². The standard InChI is InChI=1S/C42H51N3O5Si/c1-42(2,3)51(5,6)48-26-28-15-17-31-23-32(19-18-30(31)21-28)43-38(46)14-10-11-27-16-20-34(29-12-8-7-9-13-29)35(22-27)44-41(47)49-33-24-36-39-40(50-39)37(25-33)45(36)4/h7-9,12-13,15-23,33,36-37,39-40H,10-11,14,24-26H2,1-6H3,(H,43,46)(H,44,47)/t33?,36-,37+,39-,40+. The molecule has 4 aromatic carbocycles. The van der Waals surface area contributed by atoms with Crippen LogP contribution in [0.2, 0.25) is 18.1 Å². The molecule has 3 aliphatic heterocycles. The maximum absolute atomic E-state index is 13.2. The first-order valence-electron chi connectivity index (χ1n) is 18.3. The first-order valence-corrected chi connectivity index (χ1v) is 21.3. The number of rotatable bonds is 11. The summed E-state index contributed by atoms with van der Waals surface area (Å²) in [6, 6.07) is 29.2. The molecule has 268 valence electrons. The monoisotopic (exact) mass is 705 g/mol. The molecule has 7 rings (SSSR count). The summed E-state index contributed by atoms with van der Waals surface area (Å²) >= 11 is 0. The second-order valence-electron chi connectivity index (χ2n) is 16.1. The average Bonchev–Trinajstić information content (AvgIpc) is 3.86. The minimum Gasteiger partial charge on any atom is -0.446 e. The normalized spacial score (nSPS) is 22.7. The predicted molar refractivity (Wildman–Crippen MR) is 207 cm³/mol. The summed E-state index contributed by atoms with van der Waals surface area (Å²) in [4.78, 5) is 28.6. The van der Waals surface area contributed by atoms with Crippen LogP contribution in [0.15, 0.2) is 84.9 Å². The number of benzene rings is 4. The Kier molecular flexibility index (Phi) is 9.84. The van der Waals surface area contributed by atoms with E-state index in [2.05, 4.69) is 86.8 Å². The number of carbonyl (C=O) groups excluding carboxylic acids is 2. The average molecular weight is 706 g/mol. The highest BCUT2D eigenvalue weighted by atomic mass is 28.4. The van der Waals surface area contributed by atoms with Crippen molar-refractivity contribution in [1.29, 1.82) is 0 Å². The van der Waals surface area contributed by atoms with E-state index < -0.39 is 14.4 Å². The largest absolute Gasteiger partial charge is 0.446 e. The molecule has 2 bridgehead atoms. The summed E-state index contributed by atoms with van der Waals surface area (Å²) in [6.07, 6.45) is 3.38. The van der Waals surface area contributed by atoms with Crippen LogP contribution in [0.1, 0.15) is 57.6 Å². The first kappa shape index (κ1) is 35.4. The van der Waals surface area contributed by atoms with Crippen molar-refractivity contribution in [2.24, 2.45) is 0 Å². The van der Waals surface area contributed by atoms with E-state index in [0.717, 1.165) is 51.6 Å². The molecular weight excluding hydrogens is 655 g/mol. The third-order valence-electron chi connectivity index (χ3n) is 11.5. The topological polar surface area (TPSA) is 92.4 Å². The smallest absolute Gasteiger partial charge is 0.411 e. The van der Waals surface area contributed by atoms with E-state index in [1.54, 1.807) is 0 Å². The van der Waals surface area contributed by atoms with Crippen LogP contribution in [0.3, 0.4) is 0 Å². The van der Waals surface area contributed by atoms with Gasteiger partial charge in [-0.25, -0.2) is 4.79 Å².